The number of fused-ring (bicyclic) bond motifs is 1. The van der Waals surface area contributed by atoms with Crippen molar-refractivity contribution in [1.82, 2.24) is 0 Å². The predicted molar refractivity (Wildman–Crippen MR) is 75.4 cm³/mol. The van der Waals surface area contributed by atoms with Gasteiger partial charge in [0, 0.05) is 5.69 Å². The Balaban J connectivity index is 2.61. The summed E-state index contributed by atoms with van der Waals surface area (Å²) in [5.74, 6) is 1.61. The maximum Gasteiger partial charge on any atom is 0.0379 e. The van der Waals surface area contributed by atoms with E-state index in [9.17, 15) is 0 Å². The molecule has 0 heterocycles. The van der Waals surface area contributed by atoms with Crippen LogP contribution in [0, 0.1) is 32.6 Å². The van der Waals surface area contributed by atoms with Crippen LogP contribution in [0.25, 0.3) is 0 Å². The molecule has 17 heavy (non-hydrogen) atoms. The first-order valence-electron chi connectivity index (χ1n) is 6.80. The van der Waals surface area contributed by atoms with Crippen molar-refractivity contribution in [3.05, 3.63) is 27.8 Å². The molecule has 1 heteroatoms. The zero-order valence-electron chi connectivity index (χ0n) is 11.9. The Morgan fingerprint density at radius 3 is 2.18 bits per heavy atom. The Kier molecular flexibility index (Phi) is 3.20. The second kappa shape index (κ2) is 4.36. The van der Waals surface area contributed by atoms with E-state index in [1.54, 1.807) is 11.1 Å². The van der Waals surface area contributed by atoms with Crippen molar-refractivity contribution in [2.24, 2.45) is 11.8 Å². The number of anilines is 1. The molecule has 1 aliphatic carbocycles. The van der Waals surface area contributed by atoms with Gasteiger partial charge in [-0.15, -0.1) is 0 Å². The molecule has 2 N–H and O–H groups in total. The summed E-state index contributed by atoms with van der Waals surface area (Å²) in [5.41, 5.74) is 14.4. The van der Waals surface area contributed by atoms with Crippen LogP contribution in [-0.4, -0.2) is 0 Å². The maximum atomic E-state index is 6.23. The highest BCUT2D eigenvalue weighted by Crippen LogP contribution is 2.36. The summed E-state index contributed by atoms with van der Waals surface area (Å²) >= 11 is 0. The van der Waals surface area contributed by atoms with Crippen molar-refractivity contribution in [2.75, 3.05) is 5.73 Å². The van der Waals surface area contributed by atoms with Gasteiger partial charge in [0.2, 0.25) is 0 Å². The lowest BCUT2D eigenvalue weighted by atomic mass is 9.86. The summed E-state index contributed by atoms with van der Waals surface area (Å²) in [6.45, 7) is 11.4. The number of nitrogen functional groups attached to an aromatic ring is 1. The summed E-state index contributed by atoms with van der Waals surface area (Å²) in [6, 6.07) is 0. The third kappa shape index (κ3) is 1.96. The summed E-state index contributed by atoms with van der Waals surface area (Å²) < 4.78 is 0. The smallest absolute Gasteiger partial charge is 0.0379 e. The van der Waals surface area contributed by atoms with Crippen LogP contribution in [-0.2, 0) is 12.8 Å². The van der Waals surface area contributed by atoms with E-state index in [0.717, 1.165) is 17.5 Å². The lowest BCUT2D eigenvalue weighted by Gasteiger charge is -2.20. The zero-order chi connectivity index (χ0) is 12.7. The average Bonchev–Trinajstić information content (AvgIpc) is 2.45. The van der Waals surface area contributed by atoms with Gasteiger partial charge < -0.3 is 5.73 Å². The molecule has 0 saturated heterocycles. The Hall–Kier alpha value is -0.980. The van der Waals surface area contributed by atoms with Crippen LogP contribution >= 0.6 is 0 Å². The van der Waals surface area contributed by atoms with Gasteiger partial charge in [-0.1, -0.05) is 13.8 Å². The first kappa shape index (κ1) is 12.5. The highest BCUT2D eigenvalue weighted by Gasteiger charge is 2.23. The topological polar surface area (TPSA) is 26.0 Å². The Morgan fingerprint density at radius 2 is 1.53 bits per heavy atom. The molecule has 2 rings (SSSR count). The fraction of sp³-hybridized carbons (Fsp3) is 0.625. The summed E-state index contributed by atoms with van der Waals surface area (Å²) in [4.78, 5) is 0. The van der Waals surface area contributed by atoms with Crippen LogP contribution < -0.4 is 5.73 Å². The van der Waals surface area contributed by atoms with Crippen LogP contribution in [0.15, 0.2) is 0 Å². The Bertz CT molecular complexity index is 446. The summed E-state index contributed by atoms with van der Waals surface area (Å²) in [7, 11) is 0. The minimum Gasteiger partial charge on any atom is -0.398 e. The van der Waals surface area contributed by atoms with Gasteiger partial charge in [0.15, 0.2) is 0 Å². The summed E-state index contributed by atoms with van der Waals surface area (Å²) in [5, 5.41) is 0. The van der Waals surface area contributed by atoms with Gasteiger partial charge in [-0.2, -0.15) is 0 Å². The van der Waals surface area contributed by atoms with Gasteiger partial charge >= 0.3 is 0 Å². The van der Waals surface area contributed by atoms with Crippen molar-refractivity contribution in [3.63, 3.8) is 0 Å². The average molecular weight is 231 g/mol. The van der Waals surface area contributed by atoms with Crippen LogP contribution in [0.4, 0.5) is 5.69 Å². The molecule has 0 fully saturated rings. The molecule has 1 nitrogen and oxygen atoms in total. The van der Waals surface area contributed by atoms with E-state index in [2.05, 4.69) is 34.6 Å². The molecular formula is C16H25N. The van der Waals surface area contributed by atoms with Crippen LogP contribution in [0.1, 0.15) is 48.1 Å². The van der Waals surface area contributed by atoms with E-state index < -0.39 is 0 Å². The van der Waals surface area contributed by atoms with Gasteiger partial charge in [0.25, 0.3) is 0 Å². The second-order valence-electron chi connectivity index (χ2n) is 5.94. The normalized spacial score (nSPS) is 24.3. The highest BCUT2D eigenvalue weighted by molar-refractivity contribution is 5.62. The van der Waals surface area contributed by atoms with Gasteiger partial charge in [0.1, 0.15) is 0 Å². The minimum atomic E-state index is 0.789. The Morgan fingerprint density at radius 1 is 0.882 bits per heavy atom. The Labute approximate surface area is 105 Å². The SMILES string of the molecule is Cc1c(C)c2c(c(C)c1N)CCC(C)C(C)C2. The predicted octanol–water partition coefficient (Wildman–Crippen LogP) is 3.95. The molecule has 0 saturated carbocycles. The van der Waals surface area contributed by atoms with Crippen molar-refractivity contribution in [3.8, 4) is 0 Å². The molecule has 0 radical (unpaired) electrons. The molecule has 2 unspecified atom stereocenters. The van der Waals surface area contributed by atoms with Crippen LogP contribution in [0.5, 0.6) is 0 Å². The molecule has 2 atom stereocenters. The molecule has 0 amide bonds. The largest absolute Gasteiger partial charge is 0.398 e. The number of nitrogens with two attached hydrogens (primary N) is 1. The van der Waals surface area contributed by atoms with Crippen molar-refractivity contribution in [2.45, 2.75) is 53.9 Å². The molecule has 0 aliphatic heterocycles. The maximum absolute atomic E-state index is 6.23. The molecule has 94 valence electrons. The van der Waals surface area contributed by atoms with Gasteiger partial charge in [0.05, 0.1) is 0 Å². The minimum absolute atomic E-state index is 0.789. The third-order valence-corrected chi connectivity index (χ3v) is 4.99. The number of hydrogen-bond donors (Lipinski definition) is 1. The molecule has 1 aliphatic rings. The monoisotopic (exact) mass is 231 g/mol. The van der Waals surface area contributed by atoms with Gasteiger partial charge in [-0.25, -0.2) is 0 Å². The fourth-order valence-corrected chi connectivity index (χ4v) is 3.12. The van der Waals surface area contributed by atoms with E-state index in [1.165, 1.54) is 36.0 Å². The standard InChI is InChI=1S/C16H25N/c1-9-6-7-14-13(5)16(17)12(4)11(3)15(14)8-10(9)2/h9-10H,6-8,17H2,1-5H3. The zero-order valence-corrected chi connectivity index (χ0v) is 11.9. The molecule has 0 bridgehead atoms. The molecule has 1 aromatic carbocycles. The highest BCUT2D eigenvalue weighted by atomic mass is 14.6. The van der Waals surface area contributed by atoms with E-state index >= 15 is 0 Å². The summed E-state index contributed by atoms with van der Waals surface area (Å²) in [6.07, 6.45) is 3.74. The second-order valence-corrected chi connectivity index (χ2v) is 5.94. The number of rotatable bonds is 0. The van der Waals surface area contributed by atoms with Crippen LogP contribution in [0.3, 0.4) is 0 Å². The molecule has 0 aromatic heterocycles. The lowest BCUT2D eigenvalue weighted by Crippen LogP contribution is -2.10. The van der Waals surface area contributed by atoms with Gasteiger partial charge in [-0.05, 0) is 79.7 Å². The molecular weight excluding hydrogens is 206 g/mol. The fourth-order valence-electron chi connectivity index (χ4n) is 3.12. The quantitative estimate of drug-likeness (QED) is 0.531. The third-order valence-electron chi connectivity index (χ3n) is 4.99. The van der Waals surface area contributed by atoms with E-state index in [1.807, 2.05) is 0 Å². The van der Waals surface area contributed by atoms with Crippen molar-refractivity contribution < 1.29 is 0 Å². The van der Waals surface area contributed by atoms with E-state index in [-0.39, 0.29) is 0 Å². The van der Waals surface area contributed by atoms with Gasteiger partial charge in [-0.3, -0.25) is 0 Å². The first-order valence-corrected chi connectivity index (χ1v) is 6.80. The van der Waals surface area contributed by atoms with Crippen LogP contribution in [0.2, 0.25) is 0 Å². The first-order chi connectivity index (χ1) is 7.93. The number of hydrogen-bond acceptors (Lipinski definition) is 1. The lowest BCUT2D eigenvalue weighted by molar-refractivity contribution is 0.375. The molecule has 0 spiro atoms. The molecule has 1 aromatic rings. The van der Waals surface area contributed by atoms with Crippen molar-refractivity contribution >= 4 is 5.69 Å². The van der Waals surface area contributed by atoms with E-state index in [4.69, 9.17) is 5.73 Å². The number of benzene rings is 1. The van der Waals surface area contributed by atoms with E-state index in [0.29, 0.717) is 0 Å². The van der Waals surface area contributed by atoms with Crippen molar-refractivity contribution in [1.29, 1.82) is 0 Å².